The fourth-order valence-corrected chi connectivity index (χ4v) is 6.39. The molecule has 8 nitrogen and oxygen atoms in total. The van der Waals surface area contributed by atoms with Crippen LogP contribution < -0.4 is 5.32 Å². The first-order valence-corrected chi connectivity index (χ1v) is 12.9. The van der Waals surface area contributed by atoms with Crippen LogP contribution in [0.5, 0.6) is 0 Å². The van der Waals surface area contributed by atoms with Gasteiger partial charge in [-0.15, -0.1) is 0 Å². The summed E-state index contributed by atoms with van der Waals surface area (Å²) in [6.45, 7) is 6.93. The number of hydrogen-bond acceptors (Lipinski definition) is 5. The zero-order valence-corrected chi connectivity index (χ0v) is 20.4. The van der Waals surface area contributed by atoms with Crippen LogP contribution in [0.25, 0.3) is 0 Å². The molecule has 0 aliphatic carbocycles. The van der Waals surface area contributed by atoms with Gasteiger partial charge in [0.25, 0.3) is 11.8 Å². The van der Waals surface area contributed by atoms with Crippen molar-refractivity contribution in [2.45, 2.75) is 38.5 Å². The summed E-state index contributed by atoms with van der Waals surface area (Å²) in [5.74, 6) is -0.551. The molecule has 0 bridgehead atoms. The topological polar surface area (TPSA) is 104 Å². The Morgan fingerprint density at radius 3 is 2.24 bits per heavy atom. The highest BCUT2D eigenvalue weighted by Crippen LogP contribution is 2.27. The van der Waals surface area contributed by atoms with E-state index >= 15 is 0 Å². The molecule has 180 valence electrons. The smallest absolute Gasteiger partial charge is 0.261 e. The molecule has 4 rings (SSSR count). The van der Waals surface area contributed by atoms with Crippen LogP contribution in [0.4, 0.5) is 5.69 Å². The zero-order valence-electron chi connectivity index (χ0n) is 19.6. The fourth-order valence-electron chi connectivity index (χ4n) is 4.71. The first kappa shape index (κ1) is 24.1. The summed E-state index contributed by atoms with van der Waals surface area (Å²) in [5.41, 5.74) is 2.04. The number of amides is 3. The summed E-state index contributed by atoms with van der Waals surface area (Å²) in [4.78, 5) is 38.7. The van der Waals surface area contributed by atoms with Crippen LogP contribution in [0.2, 0.25) is 0 Å². The van der Waals surface area contributed by atoms with E-state index in [1.54, 1.807) is 30.3 Å². The van der Waals surface area contributed by atoms with E-state index in [0.717, 1.165) is 16.9 Å². The number of sulfonamides is 1. The van der Waals surface area contributed by atoms with Gasteiger partial charge in [0.15, 0.2) is 0 Å². The molecule has 0 saturated carbocycles. The van der Waals surface area contributed by atoms with Gasteiger partial charge in [0.1, 0.15) is 0 Å². The number of fused-ring (bicyclic) bond motifs is 1. The maximum Gasteiger partial charge on any atom is 0.261 e. The number of rotatable bonds is 6. The van der Waals surface area contributed by atoms with E-state index in [1.165, 1.54) is 16.4 Å². The quantitative estimate of drug-likeness (QED) is 0.635. The van der Waals surface area contributed by atoms with E-state index < -0.39 is 21.8 Å². The predicted molar refractivity (Wildman–Crippen MR) is 128 cm³/mol. The Balaban J connectivity index is 1.35. The number of aryl methyl sites for hydroxylation is 1. The molecule has 0 spiro atoms. The lowest BCUT2D eigenvalue weighted by Gasteiger charge is -2.34. The van der Waals surface area contributed by atoms with E-state index in [4.69, 9.17) is 0 Å². The predicted octanol–water partition coefficient (Wildman–Crippen LogP) is 3.29. The van der Waals surface area contributed by atoms with E-state index in [1.807, 2.05) is 6.92 Å². The van der Waals surface area contributed by atoms with Crippen molar-refractivity contribution < 1.29 is 22.8 Å². The molecule has 2 aliphatic heterocycles. The molecule has 2 aromatic carbocycles. The van der Waals surface area contributed by atoms with Crippen LogP contribution in [0.1, 0.15) is 53.0 Å². The third-order valence-corrected chi connectivity index (χ3v) is 8.15. The SMILES string of the molecule is Cc1ccc2c(c1)C(=O)N(CCC(=O)Nc1ccc(S(=O)(=O)N3CC(C)CC(C)C3)cc1)C2=O. The van der Waals surface area contributed by atoms with Crippen molar-refractivity contribution in [3.63, 3.8) is 0 Å². The highest BCUT2D eigenvalue weighted by Gasteiger charge is 2.35. The molecular formula is C25H29N3O5S. The third-order valence-electron chi connectivity index (χ3n) is 6.30. The average molecular weight is 484 g/mol. The normalized spacial score (nSPS) is 21.0. The van der Waals surface area contributed by atoms with Crippen LogP contribution in [0.15, 0.2) is 47.4 Å². The van der Waals surface area contributed by atoms with Gasteiger partial charge < -0.3 is 5.32 Å². The van der Waals surface area contributed by atoms with Crippen LogP contribution in [0.3, 0.4) is 0 Å². The van der Waals surface area contributed by atoms with Crippen molar-refractivity contribution in [1.29, 1.82) is 0 Å². The largest absolute Gasteiger partial charge is 0.326 e. The number of nitrogens with zero attached hydrogens (tertiary/aromatic N) is 2. The van der Waals surface area contributed by atoms with Crippen LogP contribution in [-0.4, -0.2) is 55.0 Å². The van der Waals surface area contributed by atoms with E-state index in [0.29, 0.717) is 41.7 Å². The second-order valence-electron chi connectivity index (χ2n) is 9.40. The summed E-state index contributed by atoms with van der Waals surface area (Å²) in [6.07, 6.45) is 0.950. The van der Waals surface area contributed by atoms with Crippen molar-refractivity contribution in [3.05, 3.63) is 59.2 Å². The Labute approximate surface area is 200 Å². The standard InChI is InChI=1S/C25H29N3O5S/c1-16-4-9-21-22(13-16)25(31)28(24(21)30)11-10-23(29)26-19-5-7-20(8-6-19)34(32,33)27-14-17(2)12-18(3)15-27/h4-9,13,17-18H,10-12,14-15H2,1-3H3,(H,26,29). The first-order chi connectivity index (χ1) is 16.1. The summed E-state index contributed by atoms with van der Waals surface area (Å²) < 4.78 is 27.5. The first-order valence-electron chi connectivity index (χ1n) is 11.4. The van der Waals surface area contributed by atoms with E-state index in [-0.39, 0.29) is 23.8 Å². The molecule has 9 heteroatoms. The van der Waals surface area contributed by atoms with Crippen LogP contribution >= 0.6 is 0 Å². The van der Waals surface area contributed by atoms with Crippen molar-refractivity contribution in [3.8, 4) is 0 Å². The van der Waals surface area contributed by atoms with Gasteiger partial charge >= 0.3 is 0 Å². The molecule has 3 amide bonds. The second kappa shape index (κ2) is 9.31. The molecule has 0 aromatic heterocycles. The molecule has 0 radical (unpaired) electrons. The van der Waals surface area contributed by atoms with E-state index in [9.17, 15) is 22.8 Å². The van der Waals surface area contributed by atoms with Gasteiger partial charge in [-0.25, -0.2) is 8.42 Å². The maximum atomic E-state index is 13.0. The van der Waals surface area contributed by atoms with Crippen molar-refractivity contribution in [2.24, 2.45) is 11.8 Å². The minimum atomic E-state index is -3.60. The van der Waals surface area contributed by atoms with Crippen molar-refractivity contribution >= 4 is 33.4 Å². The summed E-state index contributed by atoms with van der Waals surface area (Å²) in [7, 11) is -3.60. The molecule has 1 N–H and O–H groups in total. The Morgan fingerprint density at radius 2 is 1.59 bits per heavy atom. The monoisotopic (exact) mass is 483 g/mol. The molecule has 34 heavy (non-hydrogen) atoms. The Kier molecular flexibility index (Phi) is 6.60. The summed E-state index contributed by atoms with van der Waals surface area (Å²) in [5, 5.41) is 2.70. The Morgan fingerprint density at radius 1 is 0.971 bits per heavy atom. The van der Waals surface area contributed by atoms with Gasteiger partial charge in [-0.1, -0.05) is 25.5 Å². The summed E-state index contributed by atoms with van der Waals surface area (Å²) in [6, 6.07) is 11.2. The third kappa shape index (κ3) is 4.76. The lowest BCUT2D eigenvalue weighted by Crippen LogP contribution is -2.42. The van der Waals surface area contributed by atoms with Gasteiger partial charge in [-0.3, -0.25) is 19.3 Å². The number of nitrogens with one attached hydrogen (secondary N) is 1. The number of carbonyl (C=O) groups is 3. The van der Waals surface area contributed by atoms with Gasteiger partial charge in [0.05, 0.1) is 16.0 Å². The molecule has 1 saturated heterocycles. The van der Waals surface area contributed by atoms with Gasteiger partial charge in [-0.2, -0.15) is 4.31 Å². The van der Waals surface area contributed by atoms with Crippen molar-refractivity contribution in [1.82, 2.24) is 9.21 Å². The van der Waals surface area contributed by atoms with Gasteiger partial charge in [-0.05, 0) is 61.6 Å². The number of benzene rings is 2. The number of carbonyl (C=O) groups excluding carboxylic acids is 3. The Bertz CT molecular complexity index is 1230. The Hall–Kier alpha value is -3.04. The molecule has 2 aliphatic rings. The number of hydrogen-bond donors (Lipinski definition) is 1. The van der Waals surface area contributed by atoms with Crippen molar-refractivity contribution in [2.75, 3.05) is 25.0 Å². The summed E-state index contributed by atoms with van der Waals surface area (Å²) >= 11 is 0. The minimum Gasteiger partial charge on any atom is -0.326 e. The van der Waals surface area contributed by atoms with Crippen LogP contribution in [0, 0.1) is 18.8 Å². The maximum absolute atomic E-state index is 13.0. The van der Waals surface area contributed by atoms with Gasteiger partial charge in [0, 0.05) is 31.7 Å². The van der Waals surface area contributed by atoms with E-state index in [2.05, 4.69) is 19.2 Å². The number of imide groups is 1. The molecule has 1 fully saturated rings. The minimum absolute atomic E-state index is 0.0327. The number of piperidine rings is 1. The molecule has 2 aromatic rings. The van der Waals surface area contributed by atoms with Gasteiger partial charge in [0.2, 0.25) is 15.9 Å². The number of anilines is 1. The second-order valence-corrected chi connectivity index (χ2v) is 11.3. The van der Waals surface area contributed by atoms with Crippen LogP contribution in [-0.2, 0) is 14.8 Å². The lowest BCUT2D eigenvalue weighted by atomic mass is 9.94. The molecular weight excluding hydrogens is 454 g/mol. The highest BCUT2D eigenvalue weighted by atomic mass is 32.2. The average Bonchev–Trinajstić information content (AvgIpc) is 3.01. The highest BCUT2D eigenvalue weighted by molar-refractivity contribution is 7.89. The molecule has 2 unspecified atom stereocenters. The lowest BCUT2D eigenvalue weighted by molar-refractivity contribution is -0.116. The zero-order chi connectivity index (χ0) is 24.6. The molecule has 2 atom stereocenters. The fraction of sp³-hybridized carbons (Fsp3) is 0.400. The molecule has 2 heterocycles.